The summed E-state index contributed by atoms with van der Waals surface area (Å²) >= 11 is 24.0. The summed E-state index contributed by atoms with van der Waals surface area (Å²) in [5.41, 5.74) is 0. The quantitative estimate of drug-likeness (QED) is 0.574. The van der Waals surface area contributed by atoms with Gasteiger partial charge in [0.1, 0.15) is 0 Å². The summed E-state index contributed by atoms with van der Waals surface area (Å²) in [4.78, 5) is 0. The molecule has 4 heteroatoms. The van der Waals surface area contributed by atoms with Gasteiger partial charge < -0.3 is 0 Å². The van der Waals surface area contributed by atoms with Crippen molar-refractivity contribution in [2.75, 3.05) is 0 Å². The Hall–Kier alpha value is 1.16. The van der Waals surface area contributed by atoms with E-state index in [1.807, 2.05) is 0 Å². The van der Waals surface area contributed by atoms with E-state index in [2.05, 4.69) is 0 Å². The molecule has 12 heavy (non-hydrogen) atoms. The zero-order valence-corrected chi connectivity index (χ0v) is 9.21. The van der Waals surface area contributed by atoms with E-state index < -0.39 is 3.79 Å². The number of hydrogen-bond acceptors (Lipinski definition) is 0. The second-order valence-corrected chi connectivity index (χ2v) is 7.10. The van der Waals surface area contributed by atoms with Crippen LogP contribution in [0.5, 0.6) is 0 Å². The molecule has 0 aromatic carbocycles. The van der Waals surface area contributed by atoms with Gasteiger partial charge in [-0.1, -0.05) is 34.8 Å². The van der Waals surface area contributed by atoms with Gasteiger partial charge >= 0.3 is 0 Å². The van der Waals surface area contributed by atoms with Gasteiger partial charge in [-0.25, -0.2) is 0 Å². The molecule has 4 saturated carbocycles. The van der Waals surface area contributed by atoms with Gasteiger partial charge in [0, 0.05) is 11.3 Å². The molecule has 4 rings (SSSR count). The maximum atomic E-state index is 6.22. The van der Waals surface area contributed by atoms with E-state index in [9.17, 15) is 0 Å². The van der Waals surface area contributed by atoms with Crippen LogP contribution < -0.4 is 0 Å². The molecule has 0 amide bonds. The minimum Gasteiger partial charge on any atom is -0.122 e. The number of hydrogen-bond donors (Lipinski definition) is 0. The Morgan fingerprint density at radius 3 is 1.83 bits per heavy atom. The molecule has 0 aromatic heterocycles. The molecule has 0 N–H and O–H groups in total. The molecule has 0 aliphatic heterocycles. The normalized spacial score (nSPS) is 61.0. The van der Waals surface area contributed by atoms with Crippen LogP contribution in [0.3, 0.4) is 0 Å². The molecule has 0 saturated heterocycles. The Kier molecular flexibility index (Phi) is 1.56. The average molecular weight is 246 g/mol. The summed E-state index contributed by atoms with van der Waals surface area (Å²) in [6, 6.07) is 0. The van der Waals surface area contributed by atoms with Crippen molar-refractivity contribution in [3.63, 3.8) is 0 Å². The molecule has 0 spiro atoms. The highest BCUT2D eigenvalue weighted by atomic mass is 35.6. The Bertz CT molecular complexity index is 234. The summed E-state index contributed by atoms with van der Waals surface area (Å²) in [7, 11) is 0. The van der Waals surface area contributed by atoms with Crippen molar-refractivity contribution in [3.05, 3.63) is 0 Å². The van der Waals surface area contributed by atoms with Crippen molar-refractivity contribution in [1.29, 1.82) is 0 Å². The van der Waals surface area contributed by atoms with Gasteiger partial charge in [-0.3, -0.25) is 0 Å². The minimum atomic E-state index is -1.08. The molecular formula is C8H8Cl4. The highest BCUT2D eigenvalue weighted by molar-refractivity contribution is 6.67. The molecule has 68 valence electrons. The fourth-order valence-corrected chi connectivity index (χ4v) is 5.05. The summed E-state index contributed by atoms with van der Waals surface area (Å²) in [6.45, 7) is 0. The first-order chi connectivity index (χ1) is 5.52. The maximum absolute atomic E-state index is 6.22. The maximum Gasteiger partial charge on any atom is 0.193 e. The number of halogens is 4. The van der Waals surface area contributed by atoms with E-state index in [4.69, 9.17) is 46.4 Å². The molecule has 4 bridgehead atoms. The monoisotopic (exact) mass is 244 g/mol. The van der Waals surface area contributed by atoms with Crippen LogP contribution in [-0.2, 0) is 0 Å². The first-order valence-corrected chi connectivity index (χ1v) is 5.79. The molecule has 6 atom stereocenters. The second-order valence-electron chi connectivity index (χ2n) is 4.23. The van der Waals surface area contributed by atoms with Crippen molar-refractivity contribution < 1.29 is 0 Å². The van der Waals surface area contributed by atoms with Crippen LogP contribution in [-0.4, -0.2) is 9.17 Å². The van der Waals surface area contributed by atoms with Crippen molar-refractivity contribution in [3.8, 4) is 0 Å². The Labute approximate surface area is 91.5 Å². The predicted molar refractivity (Wildman–Crippen MR) is 52.0 cm³/mol. The topological polar surface area (TPSA) is 0 Å². The Morgan fingerprint density at radius 2 is 1.67 bits per heavy atom. The Morgan fingerprint density at radius 1 is 1.00 bits per heavy atom. The van der Waals surface area contributed by atoms with Gasteiger partial charge in [0.05, 0.1) is 0 Å². The van der Waals surface area contributed by atoms with Gasteiger partial charge in [-0.15, -0.1) is 11.6 Å². The first kappa shape index (κ1) is 8.47. The summed E-state index contributed by atoms with van der Waals surface area (Å²) in [5.74, 6) is 2.81. The van der Waals surface area contributed by atoms with E-state index in [0.29, 0.717) is 23.1 Å². The van der Waals surface area contributed by atoms with E-state index in [1.165, 1.54) is 6.42 Å². The van der Waals surface area contributed by atoms with Crippen LogP contribution >= 0.6 is 46.4 Å². The standard InChI is InChI=1S/C8H8Cl4/c9-7-3-1-2-4(5(2)7)6(3)8(10,11)12/h2-7H,1H2/t2-,3+,4?,5?,6-,7-/m0/s1. The molecule has 0 aromatic rings. The van der Waals surface area contributed by atoms with Gasteiger partial charge in [0.25, 0.3) is 0 Å². The molecule has 0 nitrogen and oxygen atoms in total. The molecule has 4 aliphatic rings. The average Bonchev–Trinajstić information content (AvgIpc) is 2.33. The second kappa shape index (κ2) is 2.21. The van der Waals surface area contributed by atoms with Crippen LogP contribution in [0.15, 0.2) is 0 Å². The lowest BCUT2D eigenvalue weighted by atomic mass is 10.00. The fourth-order valence-electron chi connectivity index (χ4n) is 3.52. The molecule has 2 unspecified atom stereocenters. The summed E-state index contributed by atoms with van der Waals surface area (Å²) in [6.07, 6.45) is 1.20. The first-order valence-electron chi connectivity index (χ1n) is 4.22. The summed E-state index contributed by atoms with van der Waals surface area (Å²) < 4.78 is -1.08. The highest BCUT2D eigenvalue weighted by Crippen LogP contribution is 2.77. The van der Waals surface area contributed by atoms with Gasteiger partial charge in [-0.05, 0) is 30.1 Å². The third kappa shape index (κ3) is 0.834. The smallest absolute Gasteiger partial charge is 0.122 e. The van der Waals surface area contributed by atoms with Crippen LogP contribution in [0, 0.1) is 29.6 Å². The van der Waals surface area contributed by atoms with Crippen LogP contribution in [0.1, 0.15) is 6.42 Å². The zero-order chi connectivity index (χ0) is 8.67. The molecule has 4 aliphatic carbocycles. The van der Waals surface area contributed by atoms with E-state index in [1.54, 1.807) is 0 Å². The molecule has 4 fully saturated rings. The van der Waals surface area contributed by atoms with Gasteiger partial charge in [-0.2, -0.15) is 0 Å². The minimum absolute atomic E-state index is 0.236. The van der Waals surface area contributed by atoms with Crippen LogP contribution in [0.4, 0.5) is 0 Å². The van der Waals surface area contributed by atoms with Crippen molar-refractivity contribution >= 4 is 46.4 Å². The highest BCUT2D eigenvalue weighted by Gasteiger charge is 2.76. The number of rotatable bonds is 0. The zero-order valence-electron chi connectivity index (χ0n) is 6.18. The van der Waals surface area contributed by atoms with E-state index >= 15 is 0 Å². The number of alkyl halides is 4. The van der Waals surface area contributed by atoms with Crippen molar-refractivity contribution in [2.45, 2.75) is 15.6 Å². The fraction of sp³-hybridized carbons (Fsp3) is 1.00. The summed E-state index contributed by atoms with van der Waals surface area (Å²) in [5, 5.41) is 0.292. The molecule has 0 heterocycles. The largest absolute Gasteiger partial charge is 0.193 e. The lowest BCUT2D eigenvalue weighted by molar-refractivity contribution is 0.422. The lowest BCUT2D eigenvalue weighted by Gasteiger charge is -2.24. The van der Waals surface area contributed by atoms with E-state index in [-0.39, 0.29) is 5.92 Å². The van der Waals surface area contributed by atoms with Crippen molar-refractivity contribution in [1.82, 2.24) is 0 Å². The lowest BCUT2D eigenvalue weighted by Crippen LogP contribution is -2.25. The SMILES string of the molecule is Cl[C@@H]1C2C3[C@@H]2C[C@@H]1[C@@H]3C(Cl)(Cl)Cl. The van der Waals surface area contributed by atoms with Gasteiger partial charge in [0.2, 0.25) is 0 Å². The van der Waals surface area contributed by atoms with Crippen LogP contribution in [0.2, 0.25) is 0 Å². The van der Waals surface area contributed by atoms with E-state index in [0.717, 1.165) is 5.92 Å². The predicted octanol–water partition coefficient (Wildman–Crippen LogP) is 3.48. The molecular weight excluding hydrogens is 238 g/mol. The van der Waals surface area contributed by atoms with Crippen molar-refractivity contribution in [2.24, 2.45) is 29.6 Å². The third-order valence-electron chi connectivity index (χ3n) is 3.87. The third-order valence-corrected chi connectivity index (χ3v) is 5.24. The Balaban J connectivity index is 1.94. The molecule has 0 radical (unpaired) electrons. The van der Waals surface area contributed by atoms with Gasteiger partial charge in [0.15, 0.2) is 3.79 Å². The van der Waals surface area contributed by atoms with Crippen LogP contribution in [0.25, 0.3) is 0 Å².